The van der Waals surface area contributed by atoms with Crippen LogP contribution in [0.5, 0.6) is 0 Å². The predicted molar refractivity (Wildman–Crippen MR) is 98.3 cm³/mol. The van der Waals surface area contributed by atoms with Crippen molar-refractivity contribution in [3.8, 4) is 0 Å². The highest BCUT2D eigenvalue weighted by atomic mass is 16.5. The van der Waals surface area contributed by atoms with Crippen molar-refractivity contribution in [3.63, 3.8) is 0 Å². The summed E-state index contributed by atoms with van der Waals surface area (Å²) < 4.78 is 7.71. The van der Waals surface area contributed by atoms with Crippen molar-refractivity contribution >= 4 is 22.9 Å². The number of nitrogens with two attached hydrogens (primary N) is 1. The second kappa shape index (κ2) is 8.66. The van der Waals surface area contributed by atoms with Crippen LogP contribution in [0.15, 0.2) is 6.20 Å². The van der Waals surface area contributed by atoms with Crippen LogP contribution in [-0.2, 0) is 17.9 Å². The largest absolute Gasteiger partial charge is 0.382 e. The summed E-state index contributed by atoms with van der Waals surface area (Å²) in [5, 5.41) is 2.88. The Labute approximate surface area is 148 Å². The highest BCUT2D eigenvalue weighted by Gasteiger charge is 2.15. The molecule has 138 valence electrons. The molecular formula is C17H28N6O2. The molecule has 0 bridgehead atoms. The van der Waals surface area contributed by atoms with Crippen molar-refractivity contribution in [2.45, 2.75) is 39.8 Å². The van der Waals surface area contributed by atoms with Crippen molar-refractivity contribution in [2.75, 3.05) is 33.0 Å². The van der Waals surface area contributed by atoms with Gasteiger partial charge in [0.15, 0.2) is 5.82 Å². The minimum atomic E-state index is -0.0696. The first-order chi connectivity index (χ1) is 12.0. The topological polar surface area (TPSA) is 98.3 Å². The van der Waals surface area contributed by atoms with Gasteiger partial charge in [0.05, 0.1) is 5.52 Å². The molecule has 0 fully saturated rings. The highest BCUT2D eigenvalue weighted by Crippen LogP contribution is 2.24. The molecule has 0 radical (unpaired) electrons. The zero-order chi connectivity index (χ0) is 18.4. The summed E-state index contributed by atoms with van der Waals surface area (Å²) in [6, 6.07) is -0.0696. The number of aryl methyl sites for hydroxylation is 2. The van der Waals surface area contributed by atoms with Crippen molar-refractivity contribution in [2.24, 2.45) is 0 Å². The van der Waals surface area contributed by atoms with Crippen LogP contribution in [-0.4, -0.2) is 52.7 Å². The van der Waals surface area contributed by atoms with Crippen molar-refractivity contribution in [1.82, 2.24) is 24.8 Å². The van der Waals surface area contributed by atoms with E-state index in [1.165, 1.54) is 4.90 Å². The number of amides is 2. The second-order valence-corrected chi connectivity index (χ2v) is 6.17. The standard InChI is InChI=1S/C17H28N6O2/c1-5-25-11-13-21-14-15(12(2)10-20-16(14)18)23(13)9-7-6-8-19-17(24)22(3)4/h10H,5-9,11H2,1-4H3,(H2,18,20)(H,19,24). The number of carbonyl (C=O) groups excluding carboxylic acids is 1. The first-order valence-electron chi connectivity index (χ1n) is 8.58. The third-order valence-electron chi connectivity index (χ3n) is 3.99. The molecule has 2 heterocycles. The number of nitrogens with zero attached hydrogens (tertiary/aromatic N) is 4. The Kier molecular flexibility index (Phi) is 6.58. The van der Waals surface area contributed by atoms with E-state index in [1.807, 2.05) is 13.8 Å². The van der Waals surface area contributed by atoms with Crippen LogP contribution in [0, 0.1) is 6.92 Å². The van der Waals surface area contributed by atoms with Gasteiger partial charge in [-0.05, 0) is 32.3 Å². The number of hydrogen-bond donors (Lipinski definition) is 2. The molecule has 2 rings (SSSR count). The number of nitrogen functional groups attached to an aromatic ring is 1. The fourth-order valence-corrected chi connectivity index (χ4v) is 2.66. The molecule has 0 saturated carbocycles. The number of anilines is 1. The maximum Gasteiger partial charge on any atom is 0.316 e. The van der Waals surface area contributed by atoms with Gasteiger partial charge in [0.1, 0.15) is 17.9 Å². The first-order valence-corrected chi connectivity index (χ1v) is 8.58. The van der Waals surface area contributed by atoms with E-state index in [4.69, 9.17) is 10.5 Å². The number of nitrogens with one attached hydrogen (secondary N) is 1. The van der Waals surface area contributed by atoms with E-state index in [1.54, 1.807) is 20.3 Å². The monoisotopic (exact) mass is 348 g/mol. The van der Waals surface area contributed by atoms with Gasteiger partial charge in [-0.2, -0.15) is 0 Å². The summed E-state index contributed by atoms with van der Waals surface area (Å²) in [6.07, 6.45) is 3.57. The summed E-state index contributed by atoms with van der Waals surface area (Å²) >= 11 is 0. The molecule has 8 heteroatoms. The number of carbonyl (C=O) groups is 1. The van der Waals surface area contributed by atoms with Crippen molar-refractivity contribution in [3.05, 3.63) is 17.6 Å². The van der Waals surface area contributed by atoms with Gasteiger partial charge in [-0.25, -0.2) is 14.8 Å². The quantitative estimate of drug-likeness (QED) is 0.710. The zero-order valence-corrected chi connectivity index (χ0v) is 15.5. The van der Waals surface area contributed by atoms with E-state index in [9.17, 15) is 4.79 Å². The SMILES string of the molecule is CCOCc1nc2c(N)ncc(C)c2n1CCCCNC(=O)N(C)C. The van der Waals surface area contributed by atoms with Gasteiger partial charge < -0.3 is 25.3 Å². The number of imidazole rings is 1. The Hall–Kier alpha value is -2.35. The minimum Gasteiger partial charge on any atom is -0.382 e. The molecule has 2 aromatic rings. The number of hydrogen-bond acceptors (Lipinski definition) is 5. The third kappa shape index (κ3) is 4.60. The number of rotatable bonds is 8. The van der Waals surface area contributed by atoms with Gasteiger partial charge in [-0.3, -0.25) is 0 Å². The van der Waals surface area contributed by atoms with E-state index < -0.39 is 0 Å². The van der Waals surface area contributed by atoms with Crippen LogP contribution < -0.4 is 11.1 Å². The molecule has 0 aliphatic heterocycles. The smallest absolute Gasteiger partial charge is 0.316 e. The molecule has 0 atom stereocenters. The Morgan fingerprint density at radius 2 is 2.16 bits per heavy atom. The number of unbranched alkanes of at least 4 members (excludes halogenated alkanes) is 1. The molecule has 2 aromatic heterocycles. The third-order valence-corrected chi connectivity index (χ3v) is 3.99. The zero-order valence-electron chi connectivity index (χ0n) is 15.5. The molecule has 0 aliphatic carbocycles. The lowest BCUT2D eigenvalue weighted by molar-refractivity contribution is 0.126. The maximum atomic E-state index is 11.5. The van der Waals surface area contributed by atoms with Gasteiger partial charge in [0, 0.05) is 40.0 Å². The Morgan fingerprint density at radius 3 is 2.84 bits per heavy atom. The molecule has 0 aliphatic rings. The van der Waals surface area contributed by atoms with Gasteiger partial charge in [-0.1, -0.05) is 0 Å². The van der Waals surface area contributed by atoms with E-state index >= 15 is 0 Å². The van der Waals surface area contributed by atoms with E-state index in [2.05, 4.69) is 19.9 Å². The van der Waals surface area contributed by atoms with Gasteiger partial charge in [0.25, 0.3) is 0 Å². The van der Waals surface area contributed by atoms with Crippen LogP contribution in [0.1, 0.15) is 31.2 Å². The first kappa shape index (κ1) is 19.0. The van der Waals surface area contributed by atoms with Gasteiger partial charge in [-0.15, -0.1) is 0 Å². The number of pyridine rings is 1. The van der Waals surface area contributed by atoms with Crippen LogP contribution >= 0.6 is 0 Å². The van der Waals surface area contributed by atoms with E-state index in [0.29, 0.717) is 25.6 Å². The maximum absolute atomic E-state index is 11.5. The number of aromatic nitrogens is 3. The number of fused-ring (bicyclic) bond motifs is 1. The van der Waals surface area contributed by atoms with E-state index in [-0.39, 0.29) is 6.03 Å². The lowest BCUT2D eigenvalue weighted by Gasteiger charge is -2.13. The predicted octanol–water partition coefficient (Wildman–Crippen LogP) is 1.91. The van der Waals surface area contributed by atoms with Crippen LogP contribution in [0.25, 0.3) is 11.0 Å². The van der Waals surface area contributed by atoms with Crippen molar-refractivity contribution in [1.29, 1.82) is 0 Å². The molecular weight excluding hydrogens is 320 g/mol. The highest BCUT2D eigenvalue weighted by molar-refractivity contribution is 5.87. The summed E-state index contributed by atoms with van der Waals surface area (Å²) in [5.74, 6) is 1.30. The molecule has 0 unspecified atom stereocenters. The molecule has 2 amide bonds. The second-order valence-electron chi connectivity index (χ2n) is 6.17. The lowest BCUT2D eigenvalue weighted by Crippen LogP contribution is -2.35. The molecule has 0 saturated heterocycles. The molecule has 3 N–H and O–H groups in total. The Balaban J connectivity index is 2.09. The Bertz CT molecular complexity index is 725. The molecule has 0 aromatic carbocycles. The van der Waals surface area contributed by atoms with Gasteiger partial charge >= 0.3 is 6.03 Å². The number of urea groups is 1. The van der Waals surface area contributed by atoms with Crippen molar-refractivity contribution < 1.29 is 9.53 Å². The average molecular weight is 348 g/mol. The summed E-state index contributed by atoms with van der Waals surface area (Å²) in [4.78, 5) is 21.9. The number of ether oxygens (including phenoxy) is 1. The normalized spacial score (nSPS) is 11.0. The summed E-state index contributed by atoms with van der Waals surface area (Å²) in [5.41, 5.74) is 8.78. The summed E-state index contributed by atoms with van der Waals surface area (Å²) in [6.45, 7) is 6.48. The fourth-order valence-electron chi connectivity index (χ4n) is 2.66. The minimum absolute atomic E-state index is 0.0696. The fraction of sp³-hybridized carbons (Fsp3) is 0.588. The van der Waals surface area contributed by atoms with Gasteiger partial charge in [0.2, 0.25) is 0 Å². The van der Waals surface area contributed by atoms with Crippen LogP contribution in [0.4, 0.5) is 10.6 Å². The molecule has 8 nitrogen and oxygen atoms in total. The average Bonchev–Trinajstić information content (AvgIpc) is 2.95. The van der Waals surface area contributed by atoms with Crippen LogP contribution in [0.2, 0.25) is 0 Å². The molecule has 0 spiro atoms. The summed E-state index contributed by atoms with van der Waals surface area (Å²) in [7, 11) is 3.46. The Morgan fingerprint density at radius 1 is 1.40 bits per heavy atom. The lowest BCUT2D eigenvalue weighted by atomic mass is 10.2. The van der Waals surface area contributed by atoms with Crippen LogP contribution in [0.3, 0.4) is 0 Å². The van der Waals surface area contributed by atoms with E-state index in [0.717, 1.165) is 41.8 Å². The molecule has 25 heavy (non-hydrogen) atoms.